The Kier molecular flexibility index (Phi) is 4.21. The molecule has 2 aliphatic heterocycles. The molecule has 138 valence electrons. The number of aromatic nitrogens is 1. The van der Waals surface area contributed by atoms with Gasteiger partial charge in [0.05, 0.1) is 23.9 Å². The van der Waals surface area contributed by atoms with E-state index in [9.17, 15) is 5.11 Å². The lowest BCUT2D eigenvalue weighted by Crippen LogP contribution is -2.34. The van der Waals surface area contributed by atoms with E-state index in [1.54, 1.807) is 0 Å². The van der Waals surface area contributed by atoms with Gasteiger partial charge in [0.2, 0.25) is 0 Å². The third kappa shape index (κ3) is 2.94. The van der Waals surface area contributed by atoms with Crippen molar-refractivity contribution in [2.45, 2.75) is 31.8 Å². The molecule has 0 aliphatic carbocycles. The van der Waals surface area contributed by atoms with Crippen molar-refractivity contribution < 1.29 is 5.11 Å². The van der Waals surface area contributed by atoms with Crippen LogP contribution in [0.4, 0.5) is 11.5 Å². The maximum Gasteiger partial charge on any atom is 0.131 e. The zero-order chi connectivity index (χ0) is 18.2. The first-order valence-electron chi connectivity index (χ1n) is 9.92. The molecule has 0 radical (unpaired) electrons. The topological polar surface area (TPSA) is 39.6 Å². The highest BCUT2D eigenvalue weighted by Gasteiger charge is 2.27. The van der Waals surface area contributed by atoms with Gasteiger partial charge in [-0.15, -0.1) is 0 Å². The summed E-state index contributed by atoms with van der Waals surface area (Å²) in [4.78, 5) is 9.71. The molecule has 1 atom stereocenters. The molecule has 0 amide bonds. The van der Waals surface area contributed by atoms with Gasteiger partial charge < -0.3 is 14.9 Å². The van der Waals surface area contributed by atoms with Crippen LogP contribution < -0.4 is 9.80 Å². The minimum absolute atomic E-state index is 0.189. The minimum atomic E-state index is 0.189. The lowest BCUT2D eigenvalue weighted by Gasteiger charge is -2.33. The molecule has 1 saturated heterocycles. The fraction of sp³-hybridized carbons (Fsp3) is 0.348. The van der Waals surface area contributed by atoms with Gasteiger partial charge in [0.1, 0.15) is 5.82 Å². The Labute approximate surface area is 160 Å². The number of para-hydroxylation sites is 1. The highest BCUT2D eigenvalue weighted by Crippen LogP contribution is 2.35. The Morgan fingerprint density at radius 3 is 2.70 bits per heavy atom. The van der Waals surface area contributed by atoms with E-state index < -0.39 is 0 Å². The molecule has 1 fully saturated rings. The molecule has 0 saturated carbocycles. The van der Waals surface area contributed by atoms with Gasteiger partial charge in [0.15, 0.2) is 0 Å². The molecule has 1 aromatic heterocycles. The first-order valence-corrected chi connectivity index (χ1v) is 9.92. The molecule has 0 unspecified atom stereocenters. The Morgan fingerprint density at radius 1 is 1.00 bits per heavy atom. The quantitative estimate of drug-likeness (QED) is 0.773. The normalized spacial score (nSPS) is 19.5. The van der Waals surface area contributed by atoms with Crippen LogP contribution >= 0.6 is 0 Å². The second kappa shape index (κ2) is 6.86. The summed E-state index contributed by atoms with van der Waals surface area (Å²) >= 11 is 0. The number of nitrogens with zero attached hydrogens (tertiary/aromatic N) is 3. The van der Waals surface area contributed by atoms with E-state index in [0.717, 1.165) is 50.2 Å². The van der Waals surface area contributed by atoms with E-state index in [-0.39, 0.29) is 12.6 Å². The summed E-state index contributed by atoms with van der Waals surface area (Å²) < 4.78 is 0. The lowest BCUT2D eigenvalue weighted by atomic mass is 9.99. The summed E-state index contributed by atoms with van der Waals surface area (Å²) in [7, 11) is 0. The van der Waals surface area contributed by atoms with Crippen LogP contribution in [0.25, 0.3) is 10.9 Å². The molecule has 4 nitrogen and oxygen atoms in total. The number of rotatable bonds is 3. The van der Waals surface area contributed by atoms with Crippen LogP contribution in [0.5, 0.6) is 0 Å². The highest BCUT2D eigenvalue weighted by atomic mass is 16.3. The summed E-state index contributed by atoms with van der Waals surface area (Å²) in [5, 5.41) is 11.0. The third-order valence-corrected chi connectivity index (χ3v) is 6.03. The number of fused-ring (bicyclic) bond motifs is 2. The monoisotopic (exact) mass is 359 g/mol. The first kappa shape index (κ1) is 16.6. The van der Waals surface area contributed by atoms with Gasteiger partial charge >= 0.3 is 0 Å². The molecular formula is C23H25N3O. The van der Waals surface area contributed by atoms with E-state index in [1.165, 1.54) is 22.2 Å². The Balaban J connectivity index is 1.59. The molecule has 2 aromatic carbocycles. The fourth-order valence-electron chi connectivity index (χ4n) is 4.58. The Morgan fingerprint density at radius 2 is 1.81 bits per heavy atom. The first-order chi connectivity index (χ1) is 13.3. The summed E-state index contributed by atoms with van der Waals surface area (Å²) in [5.41, 5.74) is 5.17. The summed E-state index contributed by atoms with van der Waals surface area (Å²) in [6, 6.07) is 19.6. The third-order valence-electron chi connectivity index (χ3n) is 6.03. The van der Waals surface area contributed by atoms with Crippen LogP contribution in [0.2, 0.25) is 0 Å². The number of benzene rings is 2. The zero-order valence-corrected chi connectivity index (χ0v) is 15.5. The van der Waals surface area contributed by atoms with Crippen molar-refractivity contribution in [3.05, 3.63) is 65.7 Å². The maximum absolute atomic E-state index is 9.76. The second-order valence-corrected chi connectivity index (χ2v) is 7.63. The maximum atomic E-state index is 9.76. The van der Waals surface area contributed by atoms with Crippen LogP contribution in [-0.2, 0) is 13.0 Å². The van der Waals surface area contributed by atoms with Crippen molar-refractivity contribution in [2.75, 3.05) is 29.5 Å². The van der Waals surface area contributed by atoms with E-state index >= 15 is 0 Å². The molecule has 2 aliphatic rings. The molecule has 3 heterocycles. The smallest absolute Gasteiger partial charge is 0.131 e. The average Bonchev–Trinajstić information content (AvgIpc) is 3.21. The van der Waals surface area contributed by atoms with Crippen molar-refractivity contribution in [2.24, 2.45) is 0 Å². The average molecular weight is 359 g/mol. The van der Waals surface area contributed by atoms with Crippen molar-refractivity contribution in [3.63, 3.8) is 0 Å². The van der Waals surface area contributed by atoms with Crippen molar-refractivity contribution in [1.29, 1.82) is 0 Å². The molecule has 1 N–H and O–H groups in total. The van der Waals surface area contributed by atoms with Crippen LogP contribution in [-0.4, -0.2) is 35.8 Å². The van der Waals surface area contributed by atoms with E-state index in [4.69, 9.17) is 4.98 Å². The van der Waals surface area contributed by atoms with Gasteiger partial charge in [-0.3, -0.25) is 0 Å². The molecule has 3 aromatic rings. The Bertz CT molecular complexity index is 971. The Hall–Kier alpha value is -2.59. The van der Waals surface area contributed by atoms with Gasteiger partial charge in [0.25, 0.3) is 0 Å². The number of aliphatic hydroxyl groups excluding tert-OH is 1. The van der Waals surface area contributed by atoms with Gasteiger partial charge in [-0.2, -0.15) is 0 Å². The predicted molar refractivity (Wildman–Crippen MR) is 110 cm³/mol. The number of aliphatic hydroxyl groups is 1. The summed E-state index contributed by atoms with van der Waals surface area (Å²) in [6.07, 6.45) is 3.23. The molecule has 0 bridgehead atoms. The van der Waals surface area contributed by atoms with Gasteiger partial charge in [-0.25, -0.2) is 4.98 Å². The predicted octanol–water partition coefficient (Wildman–Crippen LogP) is 3.76. The van der Waals surface area contributed by atoms with Crippen molar-refractivity contribution >= 4 is 22.4 Å². The van der Waals surface area contributed by atoms with Crippen LogP contribution in [0.15, 0.2) is 54.6 Å². The molecule has 4 heteroatoms. The number of hydrogen-bond donors (Lipinski definition) is 1. The number of anilines is 2. The highest BCUT2D eigenvalue weighted by molar-refractivity contribution is 5.93. The van der Waals surface area contributed by atoms with Crippen LogP contribution in [0, 0.1) is 0 Å². The summed E-state index contributed by atoms with van der Waals surface area (Å²) in [5.74, 6) is 0.999. The largest absolute Gasteiger partial charge is 0.394 e. The van der Waals surface area contributed by atoms with E-state index in [2.05, 4.69) is 64.4 Å². The SMILES string of the molecule is OC[C@H]1CCCN1c1cc(N2CCc3ccccc3C2)c2ccccc2n1. The molecule has 5 rings (SSSR count). The van der Waals surface area contributed by atoms with Crippen LogP contribution in [0.1, 0.15) is 24.0 Å². The second-order valence-electron chi connectivity index (χ2n) is 7.63. The van der Waals surface area contributed by atoms with E-state index in [1.807, 2.05) is 0 Å². The standard InChI is InChI=1S/C23H25N3O/c27-16-19-8-5-12-26(19)23-14-22(20-9-3-4-10-21(20)24-23)25-13-11-17-6-1-2-7-18(17)15-25/h1-4,6-7,9-10,14,19,27H,5,8,11-13,15-16H2/t19-/m1/s1. The summed E-state index contributed by atoms with van der Waals surface area (Å²) in [6.45, 7) is 3.13. The van der Waals surface area contributed by atoms with Crippen LogP contribution in [0.3, 0.4) is 0 Å². The van der Waals surface area contributed by atoms with Gasteiger partial charge in [-0.05, 0) is 36.5 Å². The number of pyridine rings is 1. The fourth-order valence-corrected chi connectivity index (χ4v) is 4.58. The van der Waals surface area contributed by atoms with Crippen molar-refractivity contribution in [3.8, 4) is 0 Å². The minimum Gasteiger partial charge on any atom is -0.394 e. The number of hydrogen-bond acceptors (Lipinski definition) is 4. The lowest BCUT2D eigenvalue weighted by molar-refractivity contribution is 0.266. The van der Waals surface area contributed by atoms with E-state index in [0.29, 0.717) is 0 Å². The molecule has 0 spiro atoms. The van der Waals surface area contributed by atoms with Gasteiger partial charge in [0, 0.05) is 31.1 Å². The van der Waals surface area contributed by atoms with Crippen molar-refractivity contribution in [1.82, 2.24) is 4.98 Å². The zero-order valence-electron chi connectivity index (χ0n) is 15.5. The molecular weight excluding hydrogens is 334 g/mol. The molecule has 27 heavy (non-hydrogen) atoms. The van der Waals surface area contributed by atoms with Gasteiger partial charge in [-0.1, -0.05) is 42.5 Å².